The summed E-state index contributed by atoms with van der Waals surface area (Å²) in [5.41, 5.74) is -3.00. The number of ether oxygens (including phenoxy) is 1. The number of alkyl halides is 3. The van der Waals surface area contributed by atoms with E-state index in [4.69, 9.17) is 4.74 Å². The maximum Gasteiger partial charge on any atom is 0.419 e. The standard InChI is InChI=1S/C27H19F6N5O3/c28-17-3-2-15(12-16(17)27(31,32)33)35-26(40)37-20-6-4-18(29)23(24(20)30)25(39)14-1-5-19-21(11-14)36-22(13-34-19)38-7-9-41-10-8-38/h1-6,11-13H,7-10H2,(H2,35,37,40). The zero-order valence-corrected chi connectivity index (χ0v) is 20.9. The highest BCUT2D eigenvalue weighted by molar-refractivity contribution is 6.11. The van der Waals surface area contributed by atoms with Crippen molar-refractivity contribution in [2.75, 3.05) is 41.8 Å². The predicted molar refractivity (Wildman–Crippen MR) is 136 cm³/mol. The third-order valence-corrected chi connectivity index (χ3v) is 6.22. The average molecular weight is 575 g/mol. The van der Waals surface area contributed by atoms with Gasteiger partial charge in [-0.25, -0.2) is 22.9 Å². The molecule has 1 aromatic heterocycles. The Bertz CT molecular complexity index is 1660. The van der Waals surface area contributed by atoms with Crippen LogP contribution in [0.1, 0.15) is 21.5 Å². The van der Waals surface area contributed by atoms with Crippen molar-refractivity contribution in [1.29, 1.82) is 0 Å². The number of rotatable bonds is 5. The minimum atomic E-state index is -5.02. The summed E-state index contributed by atoms with van der Waals surface area (Å²) in [6, 6.07) is 6.25. The van der Waals surface area contributed by atoms with Gasteiger partial charge in [0.2, 0.25) is 0 Å². The van der Waals surface area contributed by atoms with Gasteiger partial charge >= 0.3 is 12.2 Å². The molecular formula is C27H19F6N5O3. The van der Waals surface area contributed by atoms with E-state index in [1.807, 2.05) is 15.5 Å². The maximum absolute atomic E-state index is 15.3. The lowest BCUT2D eigenvalue weighted by Crippen LogP contribution is -2.36. The fraction of sp³-hybridized carbons (Fsp3) is 0.185. The highest BCUT2D eigenvalue weighted by atomic mass is 19.4. The van der Waals surface area contributed by atoms with Crippen LogP contribution in [0.4, 0.5) is 48.3 Å². The lowest BCUT2D eigenvalue weighted by Gasteiger charge is -2.27. The number of benzene rings is 3. The molecule has 2 heterocycles. The maximum atomic E-state index is 15.3. The van der Waals surface area contributed by atoms with Crippen LogP contribution in [-0.2, 0) is 10.9 Å². The van der Waals surface area contributed by atoms with Gasteiger partial charge in [-0.2, -0.15) is 13.2 Å². The van der Waals surface area contributed by atoms with Crippen LogP contribution in [0.15, 0.2) is 54.7 Å². The van der Waals surface area contributed by atoms with Crippen LogP contribution < -0.4 is 15.5 Å². The fourth-order valence-electron chi connectivity index (χ4n) is 4.19. The molecule has 0 unspecified atom stereocenters. The molecule has 0 spiro atoms. The Morgan fingerprint density at radius 3 is 2.34 bits per heavy atom. The number of halogens is 6. The molecule has 212 valence electrons. The zero-order valence-electron chi connectivity index (χ0n) is 20.9. The van der Waals surface area contributed by atoms with Gasteiger partial charge in [-0.3, -0.25) is 9.78 Å². The van der Waals surface area contributed by atoms with Crippen molar-refractivity contribution in [3.05, 3.63) is 88.9 Å². The summed E-state index contributed by atoms with van der Waals surface area (Å²) in [6.07, 6.45) is -3.44. The Labute approximate surface area is 228 Å². The summed E-state index contributed by atoms with van der Waals surface area (Å²) < 4.78 is 87.7. The molecule has 4 aromatic rings. The summed E-state index contributed by atoms with van der Waals surface area (Å²) in [6.45, 7) is 2.20. The number of urea groups is 1. The molecule has 0 radical (unpaired) electrons. The van der Waals surface area contributed by atoms with Crippen molar-refractivity contribution in [1.82, 2.24) is 9.97 Å². The van der Waals surface area contributed by atoms with Crippen LogP contribution in [0.2, 0.25) is 0 Å². The van der Waals surface area contributed by atoms with Crippen LogP contribution in [-0.4, -0.2) is 48.1 Å². The summed E-state index contributed by atoms with van der Waals surface area (Å²) in [5, 5.41) is 4.04. The topological polar surface area (TPSA) is 96.5 Å². The number of hydrogen-bond acceptors (Lipinski definition) is 6. The molecule has 8 nitrogen and oxygen atoms in total. The lowest BCUT2D eigenvalue weighted by molar-refractivity contribution is -0.139. The number of nitrogens with one attached hydrogen (secondary N) is 2. The van der Waals surface area contributed by atoms with Crippen LogP contribution in [0, 0.1) is 17.5 Å². The number of anilines is 3. The normalized spacial score (nSPS) is 13.8. The van der Waals surface area contributed by atoms with E-state index in [2.05, 4.69) is 9.97 Å². The molecular weight excluding hydrogens is 556 g/mol. The second kappa shape index (κ2) is 11.0. The SMILES string of the molecule is O=C(Nc1ccc(F)c(C(F)(F)F)c1)Nc1ccc(F)c(C(=O)c2ccc3ncc(N4CCOCC4)nc3c2)c1F. The van der Waals surface area contributed by atoms with Gasteiger partial charge < -0.3 is 20.3 Å². The van der Waals surface area contributed by atoms with Crippen LogP contribution in [0.5, 0.6) is 0 Å². The van der Waals surface area contributed by atoms with Crippen LogP contribution in [0.25, 0.3) is 11.0 Å². The highest BCUT2D eigenvalue weighted by Crippen LogP contribution is 2.33. The average Bonchev–Trinajstić information content (AvgIpc) is 2.95. The molecule has 5 rings (SSSR count). The molecule has 0 aliphatic carbocycles. The Hall–Kier alpha value is -4.72. The predicted octanol–water partition coefficient (Wildman–Crippen LogP) is 5.78. The van der Waals surface area contributed by atoms with Crippen molar-refractivity contribution >= 4 is 40.0 Å². The van der Waals surface area contributed by atoms with Gasteiger partial charge in [0.1, 0.15) is 17.5 Å². The largest absolute Gasteiger partial charge is 0.419 e. The first-order valence-electron chi connectivity index (χ1n) is 12.1. The van der Waals surface area contributed by atoms with Gasteiger partial charge in [0.05, 0.1) is 47.3 Å². The number of nitrogens with zero attached hydrogens (tertiary/aromatic N) is 3. The molecule has 1 fully saturated rings. The molecule has 1 saturated heterocycles. The third-order valence-electron chi connectivity index (χ3n) is 6.22. The Morgan fingerprint density at radius 1 is 0.878 bits per heavy atom. The highest BCUT2D eigenvalue weighted by Gasteiger charge is 2.34. The zero-order chi connectivity index (χ0) is 29.3. The number of ketones is 1. The monoisotopic (exact) mass is 575 g/mol. The molecule has 2 amide bonds. The molecule has 1 aliphatic heterocycles. The van der Waals surface area contributed by atoms with Crippen molar-refractivity contribution in [3.8, 4) is 0 Å². The number of carbonyl (C=O) groups is 2. The first-order chi connectivity index (χ1) is 19.5. The Kier molecular flexibility index (Phi) is 7.49. The molecule has 0 atom stereocenters. The smallest absolute Gasteiger partial charge is 0.378 e. The number of morpholine rings is 1. The van der Waals surface area contributed by atoms with E-state index < -0.39 is 57.9 Å². The summed E-state index contributed by atoms with van der Waals surface area (Å²) in [4.78, 5) is 36.3. The van der Waals surface area contributed by atoms with E-state index in [-0.39, 0.29) is 5.56 Å². The van der Waals surface area contributed by atoms with E-state index in [1.165, 1.54) is 18.2 Å². The number of amides is 2. The van der Waals surface area contributed by atoms with Crippen LogP contribution >= 0.6 is 0 Å². The molecule has 1 aliphatic rings. The third kappa shape index (κ3) is 5.91. The quantitative estimate of drug-likeness (QED) is 0.232. The van der Waals surface area contributed by atoms with Gasteiger partial charge in [0.15, 0.2) is 11.6 Å². The molecule has 14 heteroatoms. The Morgan fingerprint density at radius 2 is 1.61 bits per heavy atom. The second-order valence-corrected chi connectivity index (χ2v) is 8.92. The second-order valence-electron chi connectivity index (χ2n) is 8.92. The van der Waals surface area contributed by atoms with Crippen LogP contribution in [0.3, 0.4) is 0 Å². The minimum Gasteiger partial charge on any atom is -0.378 e. The van der Waals surface area contributed by atoms with E-state index >= 15 is 4.39 Å². The number of aromatic nitrogens is 2. The number of hydrogen-bond donors (Lipinski definition) is 2. The number of carbonyl (C=O) groups excluding carboxylic acids is 2. The van der Waals surface area contributed by atoms with Gasteiger partial charge in [0.25, 0.3) is 0 Å². The van der Waals surface area contributed by atoms with Gasteiger partial charge in [-0.05, 0) is 48.5 Å². The Balaban J connectivity index is 1.38. The van der Waals surface area contributed by atoms with Gasteiger partial charge in [0, 0.05) is 24.3 Å². The van der Waals surface area contributed by atoms with Crippen molar-refractivity contribution in [2.24, 2.45) is 0 Å². The summed E-state index contributed by atoms with van der Waals surface area (Å²) >= 11 is 0. The fourth-order valence-corrected chi connectivity index (χ4v) is 4.19. The van der Waals surface area contributed by atoms with Gasteiger partial charge in [-0.15, -0.1) is 0 Å². The summed E-state index contributed by atoms with van der Waals surface area (Å²) in [7, 11) is 0. The summed E-state index contributed by atoms with van der Waals surface area (Å²) in [5.74, 6) is -4.66. The van der Waals surface area contributed by atoms with Crippen molar-refractivity contribution in [3.63, 3.8) is 0 Å². The van der Waals surface area contributed by atoms with E-state index in [9.17, 15) is 31.5 Å². The minimum absolute atomic E-state index is 0.101. The first-order valence-corrected chi connectivity index (χ1v) is 12.1. The van der Waals surface area contributed by atoms with E-state index in [0.717, 1.165) is 18.2 Å². The molecule has 0 saturated carbocycles. The van der Waals surface area contributed by atoms with Crippen molar-refractivity contribution < 1.29 is 40.7 Å². The van der Waals surface area contributed by atoms with Gasteiger partial charge in [-0.1, -0.05) is 0 Å². The number of fused-ring (bicyclic) bond motifs is 1. The van der Waals surface area contributed by atoms with E-state index in [1.54, 1.807) is 6.20 Å². The van der Waals surface area contributed by atoms with E-state index in [0.29, 0.717) is 55.3 Å². The first kappa shape index (κ1) is 27.8. The lowest BCUT2D eigenvalue weighted by atomic mass is 10.0. The molecule has 3 aromatic carbocycles. The molecule has 0 bridgehead atoms. The van der Waals surface area contributed by atoms with Crippen molar-refractivity contribution in [2.45, 2.75) is 6.18 Å². The molecule has 2 N–H and O–H groups in total. The molecule has 41 heavy (non-hydrogen) atoms.